The first-order valence-corrected chi connectivity index (χ1v) is 9.42. The number of nitrogens with zero attached hydrogens (tertiary/aromatic N) is 1. The van der Waals surface area contributed by atoms with E-state index in [-0.39, 0.29) is 17.3 Å². The number of benzene rings is 2. The molecule has 6 nitrogen and oxygen atoms in total. The van der Waals surface area contributed by atoms with Crippen molar-refractivity contribution in [2.24, 2.45) is 0 Å². The maximum absolute atomic E-state index is 12.1. The molecule has 2 rings (SSSR count). The van der Waals surface area contributed by atoms with Crippen LogP contribution in [0, 0.1) is 0 Å². The van der Waals surface area contributed by atoms with E-state index < -0.39 is 10.0 Å². The Bertz CT molecular complexity index is 831. The van der Waals surface area contributed by atoms with Crippen molar-refractivity contribution in [3.05, 3.63) is 54.1 Å². The molecule has 0 saturated carbocycles. The van der Waals surface area contributed by atoms with E-state index in [0.29, 0.717) is 5.69 Å². The average Bonchev–Trinajstić information content (AvgIpc) is 2.60. The standard InChI is InChI=1S/C18H23N3O3S/c1-4-14-8-10-15(11-9-14)19-13-18(22)20-16-6-5-7-17(12-16)25(23,24)21(2)3/h5-12,19H,4,13H2,1-3H3,(H,20,22). The minimum absolute atomic E-state index is 0.0934. The van der Waals surface area contributed by atoms with Crippen LogP contribution in [0.15, 0.2) is 53.4 Å². The van der Waals surface area contributed by atoms with Crippen LogP contribution in [0.1, 0.15) is 12.5 Å². The molecule has 7 heteroatoms. The summed E-state index contributed by atoms with van der Waals surface area (Å²) in [7, 11) is -0.598. The van der Waals surface area contributed by atoms with Crippen LogP contribution < -0.4 is 10.6 Å². The molecule has 25 heavy (non-hydrogen) atoms. The molecular weight excluding hydrogens is 338 g/mol. The lowest BCUT2D eigenvalue weighted by molar-refractivity contribution is -0.114. The highest BCUT2D eigenvalue weighted by molar-refractivity contribution is 7.89. The van der Waals surface area contributed by atoms with Crippen molar-refractivity contribution in [2.45, 2.75) is 18.2 Å². The third-order valence-electron chi connectivity index (χ3n) is 3.71. The van der Waals surface area contributed by atoms with Gasteiger partial charge in [-0.25, -0.2) is 12.7 Å². The van der Waals surface area contributed by atoms with Crippen LogP contribution in [0.25, 0.3) is 0 Å². The summed E-state index contributed by atoms with van der Waals surface area (Å²) in [6.07, 6.45) is 0.965. The van der Waals surface area contributed by atoms with E-state index in [2.05, 4.69) is 17.6 Å². The molecule has 2 N–H and O–H groups in total. The van der Waals surface area contributed by atoms with Crippen LogP contribution in [0.4, 0.5) is 11.4 Å². The minimum Gasteiger partial charge on any atom is -0.376 e. The summed E-state index contributed by atoms with van der Waals surface area (Å²) in [6.45, 7) is 2.18. The Morgan fingerprint density at radius 1 is 1.04 bits per heavy atom. The molecule has 0 aliphatic rings. The fourth-order valence-corrected chi connectivity index (χ4v) is 3.14. The Kier molecular flexibility index (Phi) is 6.17. The Morgan fingerprint density at radius 2 is 1.72 bits per heavy atom. The molecule has 0 aliphatic heterocycles. The van der Waals surface area contributed by atoms with Gasteiger partial charge in [-0.15, -0.1) is 0 Å². The largest absolute Gasteiger partial charge is 0.376 e. The zero-order valence-corrected chi connectivity index (χ0v) is 15.4. The van der Waals surface area contributed by atoms with Crippen molar-refractivity contribution in [2.75, 3.05) is 31.3 Å². The molecule has 0 radical (unpaired) electrons. The molecule has 0 aromatic heterocycles. The molecule has 2 aromatic carbocycles. The number of amides is 1. The summed E-state index contributed by atoms with van der Waals surface area (Å²) >= 11 is 0. The van der Waals surface area contributed by atoms with Gasteiger partial charge in [-0.05, 0) is 42.3 Å². The van der Waals surface area contributed by atoms with Crippen molar-refractivity contribution in [1.82, 2.24) is 4.31 Å². The highest BCUT2D eigenvalue weighted by atomic mass is 32.2. The summed E-state index contributed by atoms with van der Waals surface area (Å²) in [5.41, 5.74) is 2.53. The van der Waals surface area contributed by atoms with Gasteiger partial charge < -0.3 is 10.6 Å². The maximum Gasteiger partial charge on any atom is 0.243 e. The number of hydrogen-bond acceptors (Lipinski definition) is 4. The molecule has 134 valence electrons. The average molecular weight is 361 g/mol. The first kappa shape index (κ1) is 19.0. The smallest absolute Gasteiger partial charge is 0.243 e. The molecule has 0 unspecified atom stereocenters. The quantitative estimate of drug-likeness (QED) is 0.794. The fourth-order valence-electron chi connectivity index (χ4n) is 2.19. The van der Waals surface area contributed by atoms with E-state index in [1.165, 1.54) is 31.8 Å². The van der Waals surface area contributed by atoms with E-state index in [1.807, 2.05) is 24.3 Å². The fraction of sp³-hybridized carbons (Fsp3) is 0.278. The Hall–Kier alpha value is -2.38. The van der Waals surface area contributed by atoms with Crippen LogP contribution in [0.5, 0.6) is 0 Å². The lowest BCUT2D eigenvalue weighted by atomic mass is 10.1. The number of hydrogen-bond donors (Lipinski definition) is 2. The van der Waals surface area contributed by atoms with Crippen LogP contribution in [0.3, 0.4) is 0 Å². The van der Waals surface area contributed by atoms with Crippen molar-refractivity contribution in [3.8, 4) is 0 Å². The van der Waals surface area contributed by atoms with E-state index >= 15 is 0 Å². The molecule has 0 fully saturated rings. The van der Waals surface area contributed by atoms with Crippen molar-refractivity contribution < 1.29 is 13.2 Å². The predicted molar refractivity (Wildman–Crippen MR) is 100 cm³/mol. The Balaban J connectivity index is 1.98. The van der Waals surface area contributed by atoms with E-state index in [9.17, 15) is 13.2 Å². The van der Waals surface area contributed by atoms with E-state index in [1.54, 1.807) is 12.1 Å². The van der Waals surface area contributed by atoms with Gasteiger partial charge in [0, 0.05) is 25.5 Å². The van der Waals surface area contributed by atoms with Crippen LogP contribution in [-0.4, -0.2) is 39.3 Å². The second-order valence-corrected chi connectivity index (χ2v) is 7.92. The van der Waals surface area contributed by atoms with Gasteiger partial charge in [-0.2, -0.15) is 0 Å². The topological polar surface area (TPSA) is 78.5 Å². The molecule has 0 saturated heterocycles. The number of carbonyl (C=O) groups is 1. The van der Waals surface area contributed by atoms with Crippen LogP contribution in [0.2, 0.25) is 0 Å². The van der Waals surface area contributed by atoms with Gasteiger partial charge in [-0.1, -0.05) is 25.1 Å². The Morgan fingerprint density at radius 3 is 2.32 bits per heavy atom. The van der Waals surface area contributed by atoms with E-state index in [0.717, 1.165) is 16.4 Å². The van der Waals surface area contributed by atoms with Crippen LogP contribution in [-0.2, 0) is 21.2 Å². The third kappa shape index (κ3) is 5.04. The Labute approximate surface area is 148 Å². The maximum atomic E-state index is 12.1. The third-order valence-corrected chi connectivity index (χ3v) is 5.52. The van der Waals surface area contributed by atoms with Gasteiger partial charge in [0.1, 0.15) is 0 Å². The summed E-state index contributed by atoms with van der Waals surface area (Å²) in [5.74, 6) is -0.251. The molecule has 2 aromatic rings. The minimum atomic E-state index is -3.53. The monoisotopic (exact) mass is 361 g/mol. The van der Waals surface area contributed by atoms with Crippen molar-refractivity contribution in [3.63, 3.8) is 0 Å². The summed E-state index contributed by atoms with van der Waals surface area (Å²) in [6, 6.07) is 14.1. The van der Waals surface area contributed by atoms with Gasteiger partial charge in [-0.3, -0.25) is 4.79 Å². The molecule has 0 bridgehead atoms. The summed E-state index contributed by atoms with van der Waals surface area (Å²) in [4.78, 5) is 12.2. The predicted octanol–water partition coefficient (Wildman–Crippen LogP) is 2.55. The first-order valence-electron chi connectivity index (χ1n) is 7.98. The SMILES string of the molecule is CCc1ccc(NCC(=O)Nc2cccc(S(=O)(=O)N(C)C)c2)cc1. The van der Waals surface area contributed by atoms with Crippen molar-refractivity contribution in [1.29, 1.82) is 0 Å². The van der Waals surface area contributed by atoms with Crippen LogP contribution >= 0.6 is 0 Å². The molecule has 1 amide bonds. The van der Waals surface area contributed by atoms with Gasteiger partial charge in [0.2, 0.25) is 15.9 Å². The second kappa shape index (κ2) is 8.13. The number of nitrogens with one attached hydrogen (secondary N) is 2. The number of rotatable bonds is 7. The molecule has 0 aliphatic carbocycles. The van der Waals surface area contributed by atoms with Gasteiger partial charge in [0.25, 0.3) is 0 Å². The second-order valence-electron chi connectivity index (χ2n) is 5.77. The number of anilines is 2. The van der Waals surface area contributed by atoms with Gasteiger partial charge in [0.15, 0.2) is 0 Å². The number of carbonyl (C=O) groups excluding carboxylic acids is 1. The zero-order chi connectivity index (χ0) is 18.4. The first-order chi connectivity index (χ1) is 11.8. The van der Waals surface area contributed by atoms with Crippen molar-refractivity contribution >= 4 is 27.3 Å². The molecule has 0 heterocycles. The molecule has 0 atom stereocenters. The normalized spacial score (nSPS) is 11.4. The lowest BCUT2D eigenvalue weighted by Gasteiger charge is -2.13. The highest BCUT2D eigenvalue weighted by Crippen LogP contribution is 2.18. The molecular formula is C18H23N3O3S. The highest BCUT2D eigenvalue weighted by Gasteiger charge is 2.17. The zero-order valence-electron chi connectivity index (χ0n) is 14.6. The van der Waals surface area contributed by atoms with E-state index in [4.69, 9.17) is 0 Å². The number of sulfonamides is 1. The number of aryl methyl sites for hydroxylation is 1. The lowest BCUT2D eigenvalue weighted by Crippen LogP contribution is -2.23. The summed E-state index contributed by atoms with van der Waals surface area (Å²) in [5, 5.41) is 5.74. The van der Waals surface area contributed by atoms with Gasteiger partial charge >= 0.3 is 0 Å². The summed E-state index contributed by atoms with van der Waals surface area (Å²) < 4.78 is 25.4. The molecule has 0 spiro atoms. The van der Waals surface area contributed by atoms with Gasteiger partial charge in [0.05, 0.1) is 11.4 Å².